The van der Waals surface area contributed by atoms with E-state index in [0.717, 1.165) is 38.3 Å². The molecule has 1 aliphatic heterocycles. The summed E-state index contributed by atoms with van der Waals surface area (Å²) in [4.78, 5) is 33.8. The van der Waals surface area contributed by atoms with Crippen molar-refractivity contribution in [1.82, 2.24) is 15.1 Å². The van der Waals surface area contributed by atoms with E-state index in [1.807, 2.05) is 0 Å². The third-order valence-electron chi connectivity index (χ3n) is 6.56. The van der Waals surface area contributed by atoms with Crippen LogP contribution in [-0.2, 0) is 4.79 Å². The molecule has 3 rings (SSSR count). The molecule has 0 spiro atoms. The minimum atomic E-state index is -0.593. The van der Waals surface area contributed by atoms with Crippen molar-refractivity contribution in [2.45, 2.75) is 6.92 Å². The van der Waals surface area contributed by atoms with Crippen LogP contribution in [-0.4, -0.2) is 94.1 Å². The molecular formula is C30H39N7O4. The molecule has 1 saturated heterocycles. The first-order chi connectivity index (χ1) is 19.7. The molecule has 2 aromatic rings. The second kappa shape index (κ2) is 15.3. The van der Waals surface area contributed by atoms with Crippen LogP contribution >= 0.6 is 0 Å². The van der Waals surface area contributed by atoms with Crippen molar-refractivity contribution < 1.29 is 19.1 Å². The first kappa shape index (κ1) is 31.1. The van der Waals surface area contributed by atoms with Crippen molar-refractivity contribution in [3.8, 4) is 11.5 Å². The summed E-state index contributed by atoms with van der Waals surface area (Å²) in [6.07, 6.45) is 4.47. The standard InChI is InChI=1S/C30H39N7O4/c1-21(33-12-11-25(31)23-7-10-27(40-3)28(20-23)41-4)19-26(32)30(39)35-24-8-5-22(6-9-24)29(38)34-13-14-37-17-15-36(2)16-18-37/h5-12,19-20,32H,13-18,31H2,1-4H3,(H,34,38)(H,35,39)/b21-19+,25-11-,32-26?,33-12-. The van der Waals surface area contributed by atoms with E-state index >= 15 is 0 Å². The highest BCUT2D eigenvalue weighted by Crippen LogP contribution is 2.29. The first-order valence-electron chi connectivity index (χ1n) is 13.3. The molecular weight excluding hydrogens is 522 g/mol. The normalized spacial score (nSPS) is 15.0. The predicted molar refractivity (Wildman–Crippen MR) is 163 cm³/mol. The van der Waals surface area contributed by atoms with E-state index in [9.17, 15) is 9.59 Å². The number of aliphatic imine (C=N–C) groups is 1. The summed E-state index contributed by atoms with van der Waals surface area (Å²) in [5, 5.41) is 13.7. The van der Waals surface area contributed by atoms with Crippen LogP contribution in [0.5, 0.6) is 11.5 Å². The number of nitrogens with one attached hydrogen (secondary N) is 3. The van der Waals surface area contributed by atoms with Gasteiger partial charge in [-0.05, 0) is 68.6 Å². The summed E-state index contributed by atoms with van der Waals surface area (Å²) >= 11 is 0. The van der Waals surface area contributed by atoms with Gasteiger partial charge in [-0.25, -0.2) is 0 Å². The Morgan fingerprint density at radius 1 is 1.02 bits per heavy atom. The Morgan fingerprint density at radius 2 is 1.68 bits per heavy atom. The van der Waals surface area contributed by atoms with Crippen molar-refractivity contribution in [2.24, 2.45) is 10.7 Å². The van der Waals surface area contributed by atoms with Gasteiger partial charge in [0.25, 0.3) is 11.8 Å². The predicted octanol–water partition coefficient (Wildman–Crippen LogP) is 2.61. The number of likely N-dealkylation sites (N-methyl/N-ethyl adjacent to an activating group) is 1. The fourth-order valence-corrected chi connectivity index (χ4v) is 4.06. The molecule has 2 aromatic carbocycles. The van der Waals surface area contributed by atoms with Gasteiger partial charge < -0.3 is 30.7 Å². The second-order valence-electron chi connectivity index (χ2n) is 9.60. The Morgan fingerprint density at radius 3 is 2.34 bits per heavy atom. The van der Waals surface area contributed by atoms with Crippen molar-refractivity contribution in [3.05, 3.63) is 71.4 Å². The largest absolute Gasteiger partial charge is 0.493 e. The highest BCUT2D eigenvalue weighted by molar-refractivity contribution is 6.46. The molecule has 218 valence electrons. The van der Waals surface area contributed by atoms with Crippen molar-refractivity contribution in [1.29, 1.82) is 5.41 Å². The van der Waals surface area contributed by atoms with Gasteiger partial charge >= 0.3 is 0 Å². The Bertz CT molecular complexity index is 1310. The van der Waals surface area contributed by atoms with Crippen molar-refractivity contribution in [2.75, 3.05) is 65.9 Å². The SMILES string of the molecule is COc1ccc(/C(N)=C/C=N\C(C)=C\C(=N)C(=O)Nc2ccc(C(=O)NCCN3CCN(C)CC3)cc2)cc1OC. The van der Waals surface area contributed by atoms with E-state index < -0.39 is 5.91 Å². The summed E-state index contributed by atoms with van der Waals surface area (Å²) in [5.74, 6) is 0.400. The lowest BCUT2D eigenvalue weighted by molar-refractivity contribution is -0.110. The monoisotopic (exact) mass is 561 g/mol. The van der Waals surface area contributed by atoms with Gasteiger partial charge in [-0.2, -0.15) is 0 Å². The number of carbonyl (C=O) groups is 2. The number of hydrogen-bond acceptors (Lipinski definition) is 9. The van der Waals surface area contributed by atoms with Gasteiger partial charge in [-0.1, -0.05) is 0 Å². The van der Waals surface area contributed by atoms with E-state index in [-0.39, 0.29) is 11.6 Å². The molecule has 0 atom stereocenters. The lowest BCUT2D eigenvalue weighted by atomic mass is 10.1. The Hall–Kier alpha value is -4.48. The topological polar surface area (TPSA) is 145 Å². The van der Waals surface area contributed by atoms with Gasteiger partial charge in [0.15, 0.2) is 11.5 Å². The third-order valence-corrected chi connectivity index (χ3v) is 6.56. The van der Waals surface area contributed by atoms with E-state index in [1.54, 1.807) is 69.7 Å². The van der Waals surface area contributed by atoms with Crippen LogP contribution in [0, 0.1) is 5.41 Å². The van der Waals surface area contributed by atoms with Gasteiger partial charge in [0, 0.05) is 73.7 Å². The van der Waals surface area contributed by atoms with E-state index in [0.29, 0.717) is 40.7 Å². The summed E-state index contributed by atoms with van der Waals surface area (Å²) in [6.45, 7) is 7.14. The molecule has 0 aromatic heterocycles. The molecule has 11 nitrogen and oxygen atoms in total. The van der Waals surface area contributed by atoms with Crippen LogP contribution in [0.15, 0.2) is 65.3 Å². The maximum Gasteiger partial charge on any atom is 0.273 e. The minimum Gasteiger partial charge on any atom is -0.493 e. The minimum absolute atomic E-state index is 0.165. The number of methoxy groups -OCH3 is 2. The summed E-state index contributed by atoms with van der Waals surface area (Å²) in [7, 11) is 5.22. The average Bonchev–Trinajstić information content (AvgIpc) is 2.97. The molecule has 0 radical (unpaired) electrons. The number of nitrogens with two attached hydrogens (primary N) is 1. The second-order valence-corrected chi connectivity index (χ2v) is 9.60. The Labute approximate surface area is 241 Å². The molecule has 0 bridgehead atoms. The maximum absolute atomic E-state index is 12.5. The number of carbonyl (C=O) groups excluding carboxylic acids is 2. The maximum atomic E-state index is 12.5. The van der Waals surface area contributed by atoms with Crippen molar-refractivity contribution >= 4 is 35.1 Å². The summed E-state index contributed by atoms with van der Waals surface area (Å²) in [5.41, 5.74) is 8.50. The fraction of sp³-hybridized carbons (Fsp3) is 0.333. The number of nitrogens with zero attached hydrogens (tertiary/aromatic N) is 3. The van der Waals surface area contributed by atoms with Gasteiger partial charge in [0.05, 0.1) is 14.2 Å². The molecule has 1 aliphatic rings. The number of benzene rings is 2. The number of hydrogen-bond donors (Lipinski definition) is 4. The fourth-order valence-electron chi connectivity index (χ4n) is 4.06. The van der Waals surface area contributed by atoms with Crippen LogP contribution in [0.1, 0.15) is 22.8 Å². The molecule has 2 amide bonds. The molecule has 11 heteroatoms. The highest BCUT2D eigenvalue weighted by Gasteiger charge is 2.14. The van der Waals surface area contributed by atoms with E-state index in [4.69, 9.17) is 20.6 Å². The molecule has 5 N–H and O–H groups in total. The first-order valence-corrected chi connectivity index (χ1v) is 13.3. The lowest BCUT2D eigenvalue weighted by Crippen LogP contribution is -2.46. The molecule has 0 aliphatic carbocycles. The van der Waals surface area contributed by atoms with Crippen LogP contribution in [0.3, 0.4) is 0 Å². The number of allylic oxidation sites excluding steroid dienone is 2. The van der Waals surface area contributed by atoms with Crippen LogP contribution in [0.2, 0.25) is 0 Å². The zero-order valence-corrected chi connectivity index (χ0v) is 24.1. The van der Waals surface area contributed by atoms with Gasteiger partial charge in [-0.15, -0.1) is 0 Å². The number of piperazine rings is 1. The number of ether oxygens (including phenoxy) is 2. The van der Waals surface area contributed by atoms with Crippen LogP contribution in [0.4, 0.5) is 5.69 Å². The van der Waals surface area contributed by atoms with Crippen molar-refractivity contribution in [3.63, 3.8) is 0 Å². The Balaban J connectivity index is 1.47. The number of anilines is 1. The number of amides is 2. The number of rotatable bonds is 12. The molecule has 0 unspecified atom stereocenters. The summed E-state index contributed by atoms with van der Waals surface area (Å²) in [6, 6.07) is 11.9. The zero-order chi connectivity index (χ0) is 29.8. The molecule has 1 heterocycles. The molecule has 41 heavy (non-hydrogen) atoms. The van der Waals surface area contributed by atoms with Gasteiger partial charge in [-0.3, -0.25) is 24.9 Å². The summed E-state index contributed by atoms with van der Waals surface area (Å²) < 4.78 is 10.5. The van der Waals surface area contributed by atoms with E-state index in [2.05, 4.69) is 32.5 Å². The highest BCUT2D eigenvalue weighted by atomic mass is 16.5. The smallest absolute Gasteiger partial charge is 0.273 e. The third kappa shape index (κ3) is 9.59. The average molecular weight is 562 g/mol. The van der Waals surface area contributed by atoms with Gasteiger partial charge in [0.1, 0.15) is 5.71 Å². The van der Waals surface area contributed by atoms with E-state index in [1.165, 1.54) is 12.3 Å². The molecule has 0 saturated carbocycles. The van der Waals surface area contributed by atoms with Gasteiger partial charge in [0.2, 0.25) is 0 Å². The molecule has 1 fully saturated rings. The van der Waals surface area contributed by atoms with Crippen LogP contribution in [0.25, 0.3) is 5.70 Å². The zero-order valence-electron chi connectivity index (χ0n) is 24.1. The lowest BCUT2D eigenvalue weighted by Gasteiger charge is -2.32. The van der Waals surface area contributed by atoms with Crippen LogP contribution < -0.4 is 25.8 Å². The Kier molecular flexibility index (Phi) is 11.6. The quantitative estimate of drug-likeness (QED) is 0.292.